The van der Waals surface area contributed by atoms with Crippen molar-refractivity contribution in [1.82, 2.24) is 0 Å². The zero-order valence-corrected chi connectivity index (χ0v) is 15.9. The molecular weight excluding hydrogens is 326 g/mol. The van der Waals surface area contributed by atoms with Crippen LogP contribution in [0.1, 0.15) is 38.2 Å². The van der Waals surface area contributed by atoms with Crippen molar-refractivity contribution in [1.29, 1.82) is 0 Å². The van der Waals surface area contributed by atoms with E-state index in [-0.39, 0.29) is 0 Å². The fraction of sp³-hybridized carbons (Fsp3) is 0.231. The molecule has 0 unspecified atom stereocenters. The maximum atomic E-state index is 6.29. The van der Waals surface area contributed by atoms with Crippen LogP contribution in [-0.4, -0.2) is 0 Å². The summed E-state index contributed by atoms with van der Waals surface area (Å²) in [4.78, 5) is 0. The van der Waals surface area contributed by atoms with Crippen LogP contribution in [-0.2, 0) is 6.42 Å². The molecule has 1 heteroatoms. The summed E-state index contributed by atoms with van der Waals surface area (Å²) in [6.45, 7) is 2.27. The summed E-state index contributed by atoms with van der Waals surface area (Å²) in [5, 5.41) is 10.6. The molecule has 0 amide bonds. The maximum Gasteiger partial charge on any atom is 0.0394 e. The minimum absolute atomic E-state index is 0.860. The first kappa shape index (κ1) is 16.4. The highest BCUT2D eigenvalue weighted by Gasteiger charge is 2.15. The van der Waals surface area contributed by atoms with Gasteiger partial charge in [-0.25, -0.2) is 0 Å². The maximum absolute atomic E-state index is 6.29. The summed E-state index contributed by atoms with van der Waals surface area (Å²) in [6.07, 6.45) is 6.38. The Morgan fingerprint density at radius 3 is 1.93 bits per heavy atom. The topological polar surface area (TPSA) is 26.0 Å². The highest BCUT2D eigenvalue weighted by atomic mass is 14.5. The average molecular weight is 351 g/mol. The van der Waals surface area contributed by atoms with E-state index in [2.05, 4.69) is 67.6 Å². The van der Waals surface area contributed by atoms with Gasteiger partial charge in [-0.3, -0.25) is 0 Å². The van der Waals surface area contributed by atoms with Gasteiger partial charge in [-0.1, -0.05) is 80.8 Å². The van der Waals surface area contributed by atoms with Gasteiger partial charge in [-0.05, 0) is 62.2 Å². The summed E-state index contributed by atoms with van der Waals surface area (Å²) in [5.41, 5.74) is 8.64. The van der Waals surface area contributed by atoms with Crippen molar-refractivity contribution in [3.63, 3.8) is 0 Å². The number of rotatable bonds is 5. The molecule has 0 radical (unpaired) electrons. The van der Waals surface area contributed by atoms with E-state index in [1.54, 1.807) is 0 Å². The fourth-order valence-electron chi connectivity index (χ4n) is 4.75. The lowest BCUT2D eigenvalue weighted by molar-refractivity contribution is 0.668. The zero-order valence-electron chi connectivity index (χ0n) is 15.9. The van der Waals surface area contributed by atoms with E-state index in [1.807, 2.05) is 0 Å². The third-order valence-corrected chi connectivity index (χ3v) is 6.09. The summed E-state index contributed by atoms with van der Waals surface area (Å²) >= 11 is 0. The molecule has 2 N–H and O–H groups in total. The van der Waals surface area contributed by atoms with Gasteiger partial charge in [-0.2, -0.15) is 0 Å². The first-order chi connectivity index (χ1) is 13.3. The summed E-state index contributed by atoms with van der Waals surface area (Å²) in [7, 11) is 0. The quantitative estimate of drug-likeness (QED) is 0.151. The van der Waals surface area contributed by atoms with Crippen LogP contribution in [0.3, 0.4) is 0 Å². The van der Waals surface area contributed by atoms with Crippen LogP contribution in [0.2, 0.25) is 0 Å². The molecule has 0 spiro atoms. The number of aryl methyl sites for hydroxylation is 1. The molecule has 5 aromatic carbocycles. The lowest BCUT2D eigenvalue weighted by Gasteiger charge is -2.17. The number of fused-ring (bicyclic) bond motifs is 2. The van der Waals surface area contributed by atoms with Crippen LogP contribution < -0.4 is 5.73 Å². The van der Waals surface area contributed by atoms with Crippen LogP contribution in [0, 0.1) is 0 Å². The molecule has 0 aromatic heterocycles. The number of hydrogen-bond donors (Lipinski definition) is 1. The molecule has 0 aliphatic rings. The molecule has 0 atom stereocenters. The van der Waals surface area contributed by atoms with Crippen molar-refractivity contribution in [2.75, 3.05) is 5.73 Å². The SMILES string of the molecule is CCCCCCc1ccc2c3cccc4c(N)ccc(c5cccc1c52)c43. The van der Waals surface area contributed by atoms with Crippen LogP contribution in [0.5, 0.6) is 0 Å². The van der Waals surface area contributed by atoms with Crippen LogP contribution >= 0.6 is 0 Å². The van der Waals surface area contributed by atoms with Gasteiger partial charge in [0.25, 0.3) is 0 Å². The minimum Gasteiger partial charge on any atom is -0.398 e. The van der Waals surface area contributed by atoms with Gasteiger partial charge in [0.2, 0.25) is 0 Å². The summed E-state index contributed by atoms with van der Waals surface area (Å²) in [6, 6.07) is 22.3. The number of anilines is 1. The van der Waals surface area contributed by atoms with Crippen molar-refractivity contribution in [2.45, 2.75) is 39.0 Å². The molecule has 134 valence electrons. The van der Waals surface area contributed by atoms with E-state index < -0.39 is 0 Å². The standard InChI is InChI=1S/C26H25N/c1-2-3-4-5-8-17-13-14-21-20-11-7-12-23-24(27)16-15-22(26(20)23)19-10-6-9-18(17)25(19)21/h6-7,9-16H,2-5,8,27H2,1H3. The van der Waals surface area contributed by atoms with Gasteiger partial charge in [0.05, 0.1) is 0 Å². The van der Waals surface area contributed by atoms with Crippen LogP contribution in [0.4, 0.5) is 5.69 Å². The van der Waals surface area contributed by atoms with Gasteiger partial charge in [0, 0.05) is 11.1 Å². The Kier molecular flexibility index (Phi) is 3.89. The molecule has 0 aliphatic heterocycles. The van der Waals surface area contributed by atoms with E-state index in [0.717, 1.165) is 11.1 Å². The number of benzene rings is 5. The molecule has 0 heterocycles. The molecular formula is C26H25N. The van der Waals surface area contributed by atoms with Gasteiger partial charge in [-0.15, -0.1) is 0 Å². The summed E-state index contributed by atoms with van der Waals surface area (Å²) in [5.74, 6) is 0. The second-order valence-electron chi connectivity index (χ2n) is 7.74. The van der Waals surface area contributed by atoms with E-state index in [1.165, 1.54) is 75.4 Å². The van der Waals surface area contributed by atoms with Gasteiger partial charge in [0.15, 0.2) is 0 Å². The second-order valence-corrected chi connectivity index (χ2v) is 7.74. The fourth-order valence-corrected chi connectivity index (χ4v) is 4.75. The normalized spacial score (nSPS) is 12.0. The van der Waals surface area contributed by atoms with Crippen molar-refractivity contribution < 1.29 is 0 Å². The third-order valence-electron chi connectivity index (χ3n) is 6.09. The van der Waals surface area contributed by atoms with Crippen molar-refractivity contribution in [3.8, 4) is 0 Å². The molecule has 5 aromatic rings. The van der Waals surface area contributed by atoms with E-state index >= 15 is 0 Å². The monoisotopic (exact) mass is 351 g/mol. The molecule has 1 nitrogen and oxygen atoms in total. The van der Waals surface area contributed by atoms with E-state index in [9.17, 15) is 0 Å². The number of unbranched alkanes of at least 4 members (excludes halogenated alkanes) is 3. The van der Waals surface area contributed by atoms with E-state index in [4.69, 9.17) is 5.73 Å². The van der Waals surface area contributed by atoms with Gasteiger partial charge >= 0.3 is 0 Å². The highest BCUT2D eigenvalue weighted by molar-refractivity contribution is 6.34. The molecule has 27 heavy (non-hydrogen) atoms. The minimum atomic E-state index is 0.860. The Bertz CT molecular complexity index is 1250. The lowest BCUT2D eigenvalue weighted by Crippen LogP contribution is -1.93. The Balaban J connectivity index is 1.83. The first-order valence-corrected chi connectivity index (χ1v) is 10.2. The average Bonchev–Trinajstić information content (AvgIpc) is 2.71. The lowest BCUT2D eigenvalue weighted by atomic mass is 9.87. The predicted molar refractivity (Wildman–Crippen MR) is 120 cm³/mol. The largest absolute Gasteiger partial charge is 0.398 e. The van der Waals surface area contributed by atoms with Crippen molar-refractivity contribution in [3.05, 3.63) is 66.2 Å². The van der Waals surface area contributed by atoms with E-state index in [0.29, 0.717) is 0 Å². The molecule has 0 fully saturated rings. The smallest absolute Gasteiger partial charge is 0.0394 e. The van der Waals surface area contributed by atoms with Gasteiger partial charge < -0.3 is 5.73 Å². The molecule has 5 rings (SSSR count). The van der Waals surface area contributed by atoms with Crippen molar-refractivity contribution in [2.24, 2.45) is 0 Å². The number of nitrogens with two attached hydrogens (primary N) is 1. The number of nitrogen functional groups attached to an aromatic ring is 1. The Morgan fingerprint density at radius 1 is 0.593 bits per heavy atom. The Labute approximate surface area is 160 Å². The highest BCUT2D eigenvalue weighted by Crippen LogP contribution is 2.42. The molecule has 0 aliphatic carbocycles. The predicted octanol–water partition coefficient (Wildman–Crippen LogP) is 7.44. The third kappa shape index (κ3) is 2.45. The van der Waals surface area contributed by atoms with Crippen molar-refractivity contribution >= 4 is 48.8 Å². The molecule has 0 saturated carbocycles. The molecule has 0 bridgehead atoms. The Morgan fingerprint density at radius 2 is 1.19 bits per heavy atom. The Hall–Kier alpha value is -2.80. The first-order valence-electron chi connectivity index (χ1n) is 10.2. The second kappa shape index (κ2) is 6.42. The summed E-state index contributed by atoms with van der Waals surface area (Å²) < 4.78 is 0. The van der Waals surface area contributed by atoms with Crippen LogP contribution in [0.15, 0.2) is 60.7 Å². The van der Waals surface area contributed by atoms with Gasteiger partial charge in [0.1, 0.15) is 0 Å². The van der Waals surface area contributed by atoms with Crippen LogP contribution in [0.25, 0.3) is 43.1 Å². The molecule has 0 saturated heterocycles. The zero-order chi connectivity index (χ0) is 18.4. The number of hydrogen-bond acceptors (Lipinski definition) is 1.